The third kappa shape index (κ3) is 2.81. The Labute approximate surface area is 110 Å². The second-order valence-electron chi connectivity index (χ2n) is 3.81. The molecular weight excluding hydrogens is 256 g/mol. The Morgan fingerprint density at radius 2 is 1.88 bits per heavy atom. The fourth-order valence-corrected chi connectivity index (χ4v) is 2.71. The van der Waals surface area contributed by atoms with Crippen LogP contribution in [0.15, 0.2) is 17.5 Å². The van der Waals surface area contributed by atoms with Gasteiger partial charge < -0.3 is 9.80 Å². The molecule has 0 bridgehead atoms. The van der Waals surface area contributed by atoms with Gasteiger partial charge in [0.25, 0.3) is 5.91 Å². The van der Waals surface area contributed by atoms with Crippen molar-refractivity contribution in [1.29, 1.82) is 0 Å². The van der Waals surface area contributed by atoms with Gasteiger partial charge in [0.05, 0.1) is 10.6 Å². The maximum Gasteiger partial charge on any atom is 0.264 e. The standard InChI is InChI=1S/C11H14N2O2S2/c14-10(8-16)12-3-5-13(6-4-12)11(15)9-2-1-7-17-9/h1-2,7,16H,3-6,8H2. The Morgan fingerprint density at radius 3 is 2.41 bits per heavy atom. The van der Waals surface area contributed by atoms with Gasteiger partial charge in [0, 0.05) is 26.2 Å². The van der Waals surface area contributed by atoms with E-state index in [-0.39, 0.29) is 17.6 Å². The van der Waals surface area contributed by atoms with Crippen molar-refractivity contribution in [2.24, 2.45) is 0 Å². The lowest BCUT2D eigenvalue weighted by Crippen LogP contribution is -2.50. The molecule has 0 aromatic carbocycles. The molecule has 0 radical (unpaired) electrons. The van der Waals surface area contributed by atoms with E-state index in [2.05, 4.69) is 12.6 Å². The number of thiol groups is 1. The molecule has 4 nitrogen and oxygen atoms in total. The Bertz CT molecular complexity index is 398. The fraction of sp³-hybridized carbons (Fsp3) is 0.455. The van der Waals surface area contributed by atoms with Gasteiger partial charge in [0.15, 0.2) is 0 Å². The zero-order valence-electron chi connectivity index (χ0n) is 9.33. The first-order valence-corrected chi connectivity index (χ1v) is 6.95. The molecule has 1 aliphatic heterocycles. The highest BCUT2D eigenvalue weighted by atomic mass is 32.1. The van der Waals surface area contributed by atoms with E-state index >= 15 is 0 Å². The maximum atomic E-state index is 12.0. The number of amides is 2. The number of piperazine rings is 1. The number of hydrogen-bond donors (Lipinski definition) is 1. The van der Waals surface area contributed by atoms with Crippen LogP contribution in [-0.2, 0) is 4.79 Å². The first-order chi connectivity index (χ1) is 8.22. The van der Waals surface area contributed by atoms with Crippen molar-refractivity contribution in [1.82, 2.24) is 9.80 Å². The summed E-state index contributed by atoms with van der Waals surface area (Å²) in [6.07, 6.45) is 0. The second-order valence-corrected chi connectivity index (χ2v) is 5.07. The summed E-state index contributed by atoms with van der Waals surface area (Å²) < 4.78 is 0. The highest BCUT2D eigenvalue weighted by molar-refractivity contribution is 7.81. The van der Waals surface area contributed by atoms with Crippen LogP contribution in [0.1, 0.15) is 9.67 Å². The highest BCUT2D eigenvalue weighted by Gasteiger charge is 2.24. The normalized spacial score (nSPS) is 16.1. The molecule has 1 aliphatic rings. The molecule has 6 heteroatoms. The van der Waals surface area contributed by atoms with Crippen molar-refractivity contribution in [2.45, 2.75) is 0 Å². The lowest BCUT2D eigenvalue weighted by Gasteiger charge is -2.34. The molecule has 1 fully saturated rings. The summed E-state index contributed by atoms with van der Waals surface area (Å²) >= 11 is 5.42. The molecule has 92 valence electrons. The smallest absolute Gasteiger partial charge is 0.264 e. The Morgan fingerprint density at radius 1 is 1.24 bits per heavy atom. The molecule has 2 rings (SSSR count). The monoisotopic (exact) mass is 270 g/mol. The minimum absolute atomic E-state index is 0.0385. The number of nitrogens with zero attached hydrogens (tertiary/aromatic N) is 2. The van der Waals surface area contributed by atoms with Crippen LogP contribution >= 0.6 is 24.0 Å². The topological polar surface area (TPSA) is 40.6 Å². The minimum atomic E-state index is 0.0385. The number of hydrogen-bond acceptors (Lipinski definition) is 4. The summed E-state index contributed by atoms with van der Waals surface area (Å²) in [5.74, 6) is 0.341. The van der Waals surface area contributed by atoms with E-state index in [0.717, 1.165) is 4.88 Å². The van der Waals surface area contributed by atoms with Crippen LogP contribution < -0.4 is 0 Å². The predicted octanol–water partition coefficient (Wildman–Crippen LogP) is 0.962. The van der Waals surface area contributed by atoms with E-state index in [1.807, 2.05) is 17.5 Å². The molecule has 2 heterocycles. The summed E-state index contributed by atoms with van der Waals surface area (Å²) in [7, 11) is 0. The molecular formula is C11H14N2O2S2. The number of carbonyl (C=O) groups is 2. The largest absolute Gasteiger partial charge is 0.338 e. The quantitative estimate of drug-likeness (QED) is 0.813. The van der Waals surface area contributed by atoms with Crippen LogP contribution in [0.2, 0.25) is 0 Å². The zero-order valence-corrected chi connectivity index (χ0v) is 11.0. The van der Waals surface area contributed by atoms with E-state index in [1.54, 1.807) is 9.80 Å². The van der Waals surface area contributed by atoms with E-state index < -0.39 is 0 Å². The number of thiophene rings is 1. The van der Waals surface area contributed by atoms with Crippen molar-refractivity contribution in [3.8, 4) is 0 Å². The van der Waals surface area contributed by atoms with Crippen LogP contribution in [0.5, 0.6) is 0 Å². The van der Waals surface area contributed by atoms with Crippen molar-refractivity contribution in [2.75, 3.05) is 31.9 Å². The first kappa shape index (κ1) is 12.4. The molecule has 0 atom stereocenters. The average Bonchev–Trinajstić information content (AvgIpc) is 2.91. The van der Waals surface area contributed by atoms with Crippen LogP contribution in [0.25, 0.3) is 0 Å². The maximum absolute atomic E-state index is 12.0. The molecule has 1 aromatic heterocycles. The van der Waals surface area contributed by atoms with E-state index in [9.17, 15) is 9.59 Å². The van der Waals surface area contributed by atoms with Gasteiger partial charge in [-0.2, -0.15) is 12.6 Å². The van der Waals surface area contributed by atoms with Crippen molar-refractivity contribution >= 4 is 35.8 Å². The molecule has 0 saturated carbocycles. The van der Waals surface area contributed by atoms with Gasteiger partial charge in [-0.25, -0.2) is 0 Å². The molecule has 0 spiro atoms. The van der Waals surface area contributed by atoms with Crippen molar-refractivity contribution in [3.05, 3.63) is 22.4 Å². The van der Waals surface area contributed by atoms with E-state index in [0.29, 0.717) is 26.2 Å². The number of carbonyl (C=O) groups excluding carboxylic acids is 2. The fourth-order valence-electron chi connectivity index (χ4n) is 1.82. The van der Waals surface area contributed by atoms with Crippen LogP contribution in [0, 0.1) is 0 Å². The zero-order chi connectivity index (χ0) is 12.3. The molecule has 1 aromatic rings. The van der Waals surface area contributed by atoms with Crippen molar-refractivity contribution < 1.29 is 9.59 Å². The highest BCUT2D eigenvalue weighted by Crippen LogP contribution is 2.13. The van der Waals surface area contributed by atoms with Gasteiger partial charge in [-0.1, -0.05) is 6.07 Å². The summed E-state index contributed by atoms with van der Waals surface area (Å²) in [5.41, 5.74) is 0. The third-order valence-corrected chi connectivity index (χ3v) is 3.92. The number of rotatable bonds is 2. The van der Waals surface area contributed by atoms with Gasteiger partial charge in [-0.05, 0) is 11.4 Å². The summed E-state index contributed by atoms with van der Waals surface area (Å²) in [4.78, 5) is 27.8. The minimum Gasteiger partial charge on any atom is -0.338 e. The molecule has 0 unspecified atom stereocenters. The van der Waals surface area contributed by atoms with Gasteiger partial charge in [-0.3, -0.25) is 9.59 Å². The Balaban J connectivity index is 1.91. The Hall–Kier alpha value is -1.01. The van der Waals surface area contributed by atoms with Gasteiger partial charge in [0.1, 0.15) is 0 Å². The second kappa shape index (κ2) is 5.55. The van der Waals surface area contributed by atoms with Crippen LogP contribution in [0.4, 0.5) is 0 Å². The predicted molar refractivity (Wildman–Crippen MR) is 70.7 cm³/mol. The van der Waals surface area contributed by atoms with E-state index in [4.69, 9.17) is 0 Å². The van der Waals surface area contributed by atoms with Crippen LogP contribution in [-0.4, -0.2) is 53.5 Å². The Kier molecular flexibility index (Phi) is 4.06. The summed E-state index contributed by atoms with van der Waals surface area (Å²) in [5, 5.41) is 1.90. The molecule has 0 N–H and O–H groups in total. The van der Waals surface area contributed by atoms with Crippen LogP contribution in [0.3, 0.4) is 0 Å². The summed E-state index contributed by atoms with van der Waals surface area (Å²) in [6, 6.07) is 3.71. The molecule has 0 aliphatic carbocycles. The molecule has 17 heavy (non-hydrogen) atoms. The lowest BCUT2D eigenvalue weighted by atomic mass is 10.3. The van der Waals surface area contributed by atoms with Gasteiger partial charge in [0.2, 0.25) is 5.91 Å². The van der Waals surface area contributed by atoms with E-state index in [1.165, 1.54) is 11.3 Å². The van der Waals surface area contributed by atoms with Gasteiger partial charge >= 0.3 is 0 Å². The SMILES string of the molecule is O=C(CS)N1CCN(C(=O)c2cccs2)CC1. The lowest BCUT2D eigenvalue weighted by molar-refractivity contribution is -0.129. The summed E-state index contributed by atoms with van der Waals surface area (Å²) in [6.45, 7) is 2.43. The molecule has 2 amide bonds. The first-order valence-electron chi connectivity index (χ1n) is 5.44. The van der Waals surface area contributed by atoms with Gasteiger partial charge in [-0.15, -0.1) is 11.3 Å². The molecule has 1 saturated heterocycles. The third-order valence-electron chi connectivity index (χ3n) is 2.79. The van der Waals surface area contributed by atoms with Crippen molar-refractivity contribution in [3.63, 3.8) is 0 Å². The average molecular weight is 270 g/mol.